The maximum absolute atomic E-state index is 11.6. The number of carbonyl (C=O) groups excluding carboxylic acids is 1. The van der Waals surface area contributed by atoms with E-state index in [2.05, 4.69) is 10.3 Å². The lowest BCUT2D eigenvalue weighted by atomic mass is 10.0. The number of nitrogens with one attached hydrogen (secondary N) is 1. The fourth-order valence-corrected chi connectivity index (χ4v) is 2.00. The Morgan fingerprint density at radius 1 is 1.53 bits per heavy atom. The summed E-state index contributed by atoms with van der Waals surface area (Å²) in [6.45, 7) is 0. The molecule has 15 heavy (non-hydrogen) atoms. The van der Waals surface area contributed by atoms with E-state index in [1.807, 2.05) is 0 Å². The summed E-state index contributed by atoms with van der Waals surface area (Å²) < 4.78 is 0. The van der Waals surface area contributed by atoms with Crippen molar-refractivity contribution in [2.24, 2.45) is 0 Å². The van der Waals surface area contributed by atoms with Crippen LogP contribution < -0.4 is 5.32 Å². The Kier molecular flexibility index (Phi) is 1.32. The molecule has 0 bridgehead atoms. The molecule has 1 aromatic rings. The predicted octanol–water partition coefficient (Wildman–Crippen LogP) is 0.763. The number of aromatic carboxylic acids is 1. The molecule has 3 rings (SSSR count). The van der Waals surface area contributed by atoms with E-state index in [-0.39, 0.29) is 11.5 Å². The molecule has 1 aliphatic carbocycles. The number of anilines is 1. The molecule has 0 saturated heterocycles. The SMILES string of the molecule is O=C(O)c1cnc2c(c1)NC(=O)C21CC1. The summed E-state index contributed by atoms with van der Waals surface area (Å²) in [6, 6.07) is 1.47. The minimum Gasteiger partial charge on any atom is -0.478 e. The maximum Gasteiger partial charge on any atom is 0.337 e. The highest BCUT2D eigenvalue weighted by molar-refractivity contribution is 6.08. The minimum absolute atomic E-state index is 0.0486. The minimum atomic E-state index is -1.03. The van der Waals surface area contributed by atoms with Gasteiger partial charge in [-0.05, 0) is 18.9 Å². The highest BCUT2D eigenvalue weighted by Gasteiger charge is 2.57. The van der Waals surface area contributed by atoms with Crippen molar-refractivity contribution in [1.82, 2.24) is 4.98 Å². The van der Waals surface area contributed by atoms with E-state index in [0.29, 0.717) is 11.4 Å². The summed E-state index contributed by atoms with van der Waals surface area (Å²) in [5, 5.41) is 11.5. The molecule has 5 heteroatoms. The number of rotatable bonds is 1. The van der Waals surface area contributed by atoms with E-state index >= 15 is 0 Å². The van der Waals surface area contributed by atoms with Gasteiger partial charge < -0.3 is 10.4 Å². The third kappa shape index (κ3) is 0.945. The number of carboxylic acids is 1. The number of hydrogen-bond acceptors (Lipinski definition) is 3. The van der Waals surface area contributed by atoms with Crippen LogP contribution in [0.25, 0.3) is 0 Å². The van der Waals surface area contributed by atoms with Crippen LogP contribution in [-0.2, 0) is 10.2 Å². The van der Waals surface area contributed by atoms with Gasteiger partial charge in [0.2, 0.25) is 5.91 Å². The second-order valence-corrected chi connectivity index (χ2v) is 3.96. The van der Waals surface area contributed by atoms with Crippen LogP contribution in [0.3, 0.4) is 0 Å². The van der Waals surface area contributed by atoms with Crippen LogP contribution >= 0.6 is 0 Å². The van der Waals surface area contributed by atoms with Crippen LogP contribution in [0.5, 0.6) is 0 Å². The molecule has 0 atom stereocenters. The first-order valence-corrected chi connectivity index (χ1v) is 4.69. The van der Waals surface area contributed by atoms with Crippen molar-refractivity contribution in [3.63, 3.8) is 0 Å². The van der Waals surface area contributed by atoms with Gasteiger partial charge in [-0.2, -0.15) is 0 Å². The fourth-order valence-electron chi connectivity index (χ4n) is 2.00. The monoisotopic (exact) mass is 204 g/mol. The highest BCUT2D eigenvalue weighted by atomic mass is 16.4. The molecule has 1 amide bonds. The van der Waals surface area contributed by atoms with Crippen molar-refractivity contribution in [2.45, 2.75) is 18.3 Å². The summed E-state index contributed by atoms with van der Waals surface area (Å²) in [5.41, 5.74) is 0.925. The number of amides is 1. The van der Waals surface area contributed by atoms with Gasteiger partial charge in [0.25, 0.3) is 0 Å². The molecule has 0 radical (unpaired) electrons. The summed E-state index contributed by atoms with van der Waals surface area (Å²) in [6.07, 6.45) is 2.93. The number of aromatic nitrogens is 1. The number of nitrogens with zero attached hydrogens (tertiary/aromatic N) is 1. The molecule has 2 aliphatic rings. The molecule has 2 N–H and O–H groups in total. The maximum atomic E-state index is 11.6. The van der Waals surface area contributed by atoms with Gasteiger partial charge in [-0.3, -0.25) is 9.78 Å². The number of fused-ring (bicyclic) bond motifs is 2. The van der Waals surface area contributed by atoms with Crippen molar-refractivity contribution in [2.75, 3.05) is 5.32 Å². The Hall–Kier alpha value is -1.91. The quantitative estimate of drug-likeness (QED) is 0.707. The predicted molar refractivity (Wildman–Crippen MR) is 50.7 cm³/mol. The molecular weight excluding hydrogens is 196 g/mol. The molecule has 1 spiro atoms. The largest absolute Gasteiger partial charge is 0.478 e. The Morgan fingerprint density at radius 2 is 2.27 bits per heavy atom. The lowest BCUT2D eigenvalue weighted by Crippen LogP contribution is -2.18. The van der Waals surface area contributed by atoms with Crippen LogP contribution in [-0.4, -0.2) is 22.0 Å². The van der Waals surface area contributed by atoms with Gasteiger partial charge in [0.15, 0.2) is 0 Å². The first kappa shape index (κ1) is 8.40. The zero-order chi connectivity index (χ0) is 10.6. The summed E-state index contributed by atoms with van der Waals surface area (Å²) in [7, 11) is 0. The van der Waals surface area contributed by atoms with E-state index in [0.717, 1.165) is 12.8 Å². The van der Waals surface area contributed by atoms with Gasteiger partial charge in [-0.15, -0.1) is 0 Å². The van der Waals surface area contributed by atoms with Crippen LogP contribution in [0.15, 0.2) is 12.3 Å². The average molecular weight is 204 g/mol. The third-order valence-corrected chi connectivity index (χ3v) is 3.02. The topological polar surface area (TPSA) is 79.3 Å². The zero-order valence-corrected chi connectivity index (χ0v) is 7.78. The first-order valence-electron chi connectivity index (χ1n) is 4.69. The normalized spacial score (nSPS) is 19.9. The van der Waals surface area contributed by atoms with Crippen molar-refractivity contribution in [3.05, 3.63) is 23.5 Å². The number of carbonyl (C=O) groups is 2. The Labute approximate surface area is 85.1 Å². The van der Waals surface area contributed by atoms with Crippen molar-refractivity contribution in [1.29, 1.82) is 0 Å². The van der Waals surface area contributed by atoms with E-state index in [9.17, 15) is 9.59 Å². The molecule has 1 fully saturated rings. The molecule has 0 aromatic carbocycles. The van der Waals surface area contributed by atoms with Gasteiger partial charge in [0.05, 0.1) is 22.4 Å². The second kappa shape index (κ2) is 2.36. The molecular formula is C10H8N2O3. The molecule has 2 heterocycles. The lowest BCUT2D eigenvalue weighted by molar-refractivity contribution is -0.117. The first-order chi connectivity index (χ1) is 7.13. The third-order valence-electron chi connectivity index (χ3n) is 3.02. The molecule has 1 aromatic heterocycles. The van der Waals surface area contributed by atoms with Crippen molar-refractivity contribution < 1.29 is 14.7 Å². The van der Waals surface area contributed by atoms with Crippen molar-refractivity contribution in [3.8, 4) is 0 Å². The molecule has 5 nitrogen and oxygen atoms in total. The Balaban J connectivity index is 2.14. The molecule has 1 aliphatic heterocycles. The van der Waals surface area contributed by atoms with Gasteiger partial charge in [0, 0.05) is 6.20 Å². The van der Waals surface area contributed by atoms with Gasteiger partial charge in [0.1, 0.15) is 0 Å². The summed E-state index contributed by atoms with van der Waals surface area (Å²) in [4.78, 5) is 26.4. The number of pyridine rings is 1. The lowest BCUT2D eigenvalue weighted by Gasteiger charge is -2.02. The standard InChI is InChI=1S/C10H8N2O3/c13-8(14)5-3-6-7(11-4-5)10(1-2-10)9(15)12-6/h3-4H,1-2H2,(H,12,15)(H,13,14). The van der Waals surface area contributed by atoms with Crippen LogP contribution in [0.4, 0.5) is 5.69 Å². The number of hydrogen-bond donors (Lipinski definition) is 2. The molecule has 1 saturated carbocycles. The van der Waals surface area contributed by atoms with E-state index in [4.69, 9.17) is 5.11 Å². The van der Waals surface area contributed by atoms with Crippen LogP contribution in [0, 0.1) is 0 Å². The molecule has 0 unspecified atom stereocenters. The average Bonchev–Trinajstić information content (AvgIpc) is 2.93. The van der Waals surface area contributed by atoms with Crippen molar-refractivity contribution >= 4 is 17.6 Å². The summed E-state index contributed by atoms with van der Waals surface area (Å²) in [5.74, 6) is -1.08. The van der Waals surface area contributed by atoms with Gasteiger partial charge in [-0.1, -0.05) is 0 Å². The van der Waals surface area contributed by atoms with E-state index < -0.39 is 11.4 Å². The van der Waals surface area contributed by atoms with Crippen LogP contribution in [0.2, 0.25) is 0 Å². The highest BCUT2D eigenvalue weighted by Crippen LogP contribution is 2.54. The molecule has 76 valence electrons. The smallest absolute Gasteiger partial charge is 0.337 e. The van der Waals surface area contributed by atoms with Crippen LogP contribution in [0.1, 0.15) is 28.9 Å². The number of carboxylic acid groups (broad SMARTS) is 1. The van der Waals surface area contributed by atoms with E-state index in [1.54, 1.807) is 0 Å². The fraction of sp³-hybridized carbons (Fsp3) is 0.300. The zero-order valence-electron chi connectivity index (χ0n) is 7.78. The Morgan fingerprint density at radius 3 is 2.87 bits per heavy atom. The second-order valence-electron chi connectivity index (χ2n) is 3.96. The summed E-state index contributed by atoms with van der Waals surface area (Å²) >= 11 is 0. The Bertz CT molecular complexity index is 491. The van der Waals surface area contributed by atoms with Gasteiger partial charge >= 0.3 is 5.97 Å². The van der Waals surface area contributed by atoms with E-state index in [1.165, 1.54) is 12.3 Å². The van der Waals surface area contributed by atoms with Gasteiger partial charge in [-0.25, -0.2) is 4.79 Å².